The molecular formula is C26H27N3O6. The Hall–Kier alpha value is -4.24. The molecule has 0 saturated carbocycles. The van der Waals surface area contributed by atoms with Gasteiger partial charge < -0.3 is 34.0 Å². The average Bonchev–Trinajstić information content (AvgIpc) is 3.34. The fraction of sp³-hybridized carbons (Fsp3) is 0.231. The van der Waals surface area contributed by atoms with E-state index in [0.29, 0.717) is 47.2 Å². The van der Waals surface area contributed by atoms with E-state index in [2.05, 4.69) is 15.3 Å². The van der Waals surface area contributed by atoms with Crippen LogP contribution in [0, 0.1) is 0 Å². The van der Waals surface area contributed by atoms with Gasteiger partial charge in [-0.1, -0.05) is 24.3 Å². The molecule has 0 spiro atoms. The van der Waals surface area contributed by atoms with Gasteiger partial charge in [-0.3, -0.25) is 4.79 Å². The van der Waals surface area contributed by atoms with E-state index in [1.54, 1.807) is 18.2 Å². The van der Waals surface area contributed by atoms with Gasteiger partial charge in [0.1, 0.15) is 28.6 Å². The van der Waals surface area contributed by atoms with E-state index in [4.69, 9.17) is 18.6 Å². The minimum absolute atomic E-state index is 0.00770. The first-order chi connectivity index (χ1) is 17.1. The molecule has 0 aliphatic heterocycles. The van der Waals surface area contributed by atoms with Gasteiger partial charge in [-0.15, -0.1) is 0 Å². The molecule has 4 rings (SSSR count). The number of methoxy groups -OCH3 is 2. The minimum atomic E-state index is -0.556. The maximum atomic E-state index is 13.1. The Morgan fingerprint density at radius 1 is 1.00 bits per heavy atom. The molecule has 3 N–H and O–H groups in total. The van der Waals surface area contributed by atoms with Crippen LogP contribution in [0.2, 0.25) is 0 Å². The first-order valence-electron chi connectivity index (χ1n) is 11.1. The molecule has 182 valence electrons. The monoisotopic (exact) mass is 477 g/mol. The molecule has 4 aromatic rings. The lowest BCUT2D eigenvalue weighted by Crippen LogP contribution is -2.15. The SMILES string of the molecule is CCOCc1[nH]c(=O)c(-c2ncc(CNc3ccccc3)o2)c(O)c1-c1c(OC)cccc1OC. The van der Waals surface area contributed by atoms with Gasteiger partial charge in [-0.2, -0.15) is 0 Å². The number of hydrogen-bond acceptors (Lipinski definition) is 8. The van der Waals surface area contributed by atoms with Gasteiger partial charge >= 0.3 is 0 Å². The highest BCUT2D eigenvalue weighted by atomic mass is 16.5. The highest BCUT2D eigenvalue weighted by molar-refractivity contribution is 5.86. The Morgan fingerprint density at radius 3 is 2.37 bits per heavy atom. The van der Waals surface area contributed by atoms with Crippen LogP contribution in [-0.2, 0) is 17.9 Å². The minimum Gasteiger partial charge on any atom is -0.506 e. The second-order valence-corrected chi connectivity index (χ2v) is 7.56. The second kappa shape index (κ2) is 10.8. The van der Waals surface area contributed by atoms with Gasteiger partial charge in [0.2, 0.25) is 5.89 Å². The summed E-state index contributed by atoms with van der Waals surface area (Å²) in [5.41, 5.74) is 1.41. The molecule has 9 nitrogen and oxygen atoms in total. The molecule has 0 aliphatic carbocycles. The Morgan fingerprint density at radius 2 is 1.71 bits per heavy atom. The zero-order valence-corrected chi connectivity index (χ0v) is 19.8. The number of aromatic hydroxyl groups is 1. The van der Waals surface area contributed by atoms with Crippen molar-refractivity contribution in [2.75, 3.05) is 26.1 Å². The van der Waals surface area contributed by atoms with E-state index in [1.807, 2.05) is 37.3 Å². The van der Waals surface area contributed by atoms with E-state index in [0.717, 1.165) is 5.69 Å². The second-order valence-electron chi connectivity index (χ2n) is 7.56. The average molecular weight is 478 g/mol. The number of pyridine rings is 1. The number of aromatic nitrogens is 2. The van der Waals surface area contributed by atoms with Gasteiger partial charge in [0.25, 0.3) is 5.56 Å². The van der Waals surface area contributed by atoms with Crippen LogP contribution in [-0.4, -0.2) is 35.9 Å². The summed E-state index contributed by atoms with van der Waals surface area (Å²) in [4.78, 5) is 20.1. The van der Waals surface area contributed by atoms with Crippen LogP contribution in [0.15, 0.2) is 63.9 Å². The highest BCUT2D eigenvalue weighted by Gasteiger charge is 2.27. The first kappa shape index (κ1) is 23.9. The van der Waals surface area contributed by atoms with E-state index in [1.165, 1.54) is 20.4 Å². The van der Waals surface area contributed by atoms with Crippen LogP contribution in [0.1, 0.15) is 18.4 Å². The summed E-state index contributed by atoms with van der Waals surface area (Å²) in [5, 5.41) is 14.6. The third-order valence-electron chi connectivity index (χ3n) is 5.40. The van der Waals surface area contributed by atoms with Crippen LogP contribution < -0.4 is 20.3 Å². The van der Waals surface area contributed by atoms with Crippen LogP contribution >= 0.6 is 0 Å². The van der Waals surface area contributed by atoms with Crippen molar-refractivity contribution in [1.29, 1.82) is 0 Å². The van der Waals surface area contributed by atoms with Crippen molar-refractivity contribution >= 4 is 5.69 Å². The summed E-state index contributed by atoms with van der Waals surface area (Å²) < 4.78 is 22.5. The van der Waals surface area contributed by atoms with Crippen molar-refractivity contribution in [1.82, 2.24) is 9.97 Å². The van der Waals surface area contributed by atoms with Gasteiger partial charge in [0.05, 0.1) is 50.4 Å². The number of nitrogens with zero attached hydrogens (tertiary/aromatic N) is 1. The van der Waals surface area contributed by atoms with E-state index >= 15 is 0 Å². The number of H-pyrrole nitrogens is 1. The molecule has 0 atom stereocenters. The molecule has 0 amide bonds. The fourth-order valence-electron chi connectivity index (χ4n) is 3.77. The molecule has 2 aromatic carbocycles. The molecule has 2 heterocycles. The molecular weight excluding hydrogens is 450 g/mol. The third kappa shape index (κ3) is 4.99. The molecule has 0 bridgehead atoms. The molecule has 0 radical (unpaired) electrons. The number of benzene rings is 2. The quantitative estimate of drug-likeness (QED) is 0.304. The summed E-state index contributed by atoms with van der Waals surface area (Å²) in [5.74, 6) is 1.09. The number of rotatable bonds is 10. The van der Waals surface area contributed by atoms with Crippen molar-refractivity contribution in [3.05, 3.63) is 76.5 Å². The predicted molar refractivity (Wildman–Crippen MR) is 132 cm³/mol. The smallest absolute Gasteiger partial charge is 0.264 e. The van der Waals surface area contributed by atoms with Gasteiger partial charge in [-0.25, -0.2) is 4.98 Å². The Balaban J connectivity index is 1.81. The molecule has 0 fully saturated rings. The van der Waals surface area contributed by atoms with E-state index < -0.39 is 5.56 Å². The van der Waals surface area contributed by atoms with Crippen LogP contribution in [0.25, 0.3) is 22.6 Å². The number of anilines is 1. The molecule has 35 heavy (non-hydrogen) atoms. The summed E-state index contributed by atoms with van der Waals surface area (Å²) in [6, 6.07) is 14.9. The van der Waals surface area contributed by atoms with Crippen molar-refractivity contribution in [3.8, 4) is 39.8 Å². The fourth-order valence-corrected chi connectivity index (χ4v) is 3.77. The van der Waals surface area contributed by atoms with Crippen molar-refractivity contribution in [2.24, 2.45) is 0 Å². The van der Waals surface area contributed by atoms with Crippen molar-refractivity contribution < 1.29 is 23.7 Å². The summed E-state index contributed by atoms with van der Waals surface area (Å²) >= 11 is 0. The maximum absolute atomic E-state index is 13.1. The molecule has 2 aromatic heterocycles. The number of para-hydroxylation sites is 1. The van der Waals surface area contributed by atoms with Crippen LogP contribution in [0.4, 0.5) is 5.69 Å². The summed E-state index contributed by atoms with van der Waals surface area (Å²) in [6.45, 7) is 2.68. The third-order valence-corrected chi connectivity index (χ3v) is 5.40. The summed E-state index contributed by atoms with van der Waals surface area (Å²) in [6.07, 6.45) is 1.52. The van der Waals surface area contributed by atoms with Gasteiger partial charge in [0, 0.05) is 12.3 Å². The lowest BCUT2D eigenvalue weighted by Gasteiger charge is -2.18. The van der Waals surface area contributed by atoms with Crippen molar-refractivity contribution in [3.63, 3.8) is 0 Å². The zero-order chi connectivity index (χ0) is 24.8. The van der Waals surface area contributed by atoms with E-state index in [-0.39, 0.29) is 23.8 Å². The number of hydrogen-bond donors (Lipinski definition) is 3. The van der Waals surface area contributed by atoms with Crippen molar-refractivity contribution in [2.45, 2.75) is 20.1 Å². The maximum Gasteiger partial charge on any atom is 0.264 e. The molecule has 0 unspecified atom stereocenters. The van der Waals surface area contributed by atoms with Gasteiger partial charge in [-0.05, 0) is 31.2 Å². The Kier molecular flexibility index (Phi) is 7.37. The van der Waals surface area contributed by atoms with Crippen LogP contribution in [0.3, 0.4) is 0 Å². The lowest BCUT2D eigenvalue weighted by atomic mass is 9.98. The number of ether oxygens (including phenoxy) is 3. The molecule has 9 heteroatoms. The van der Waals surface area contributed by atoms with Crippen LogP contribution in [0.5, 0.6) is 17.2 Å². The summed E-state index contributed by atoms with van der Waals surface area (Å²) in [7, 11) is 3.04. The largest absolute Gasteiger partial charge is 0.506 e. The zero-order valence-electron chi connectivity index (χ0n) is 19.8. The topological polar surface area (TPSA) is 119 Å². The molecule has 0 saturated heterocycles. The molecule has 0 aliphatic rings. The van der Waals surface area contributed by atoms with Gasteiger partial charge in [0.15, 0.2) is 0 Å². The first-order valence-corrected chi connectivity index (χ1v) is 11.1. The van der Waals surface area contributed by atoms with E-state index in [9.17, 15) is 9.90 Å². The lowest BCUT2D eigenvalue weighted by molar-refractivity contribution is 0.131. The predicted octanol–water partition coefficient (Wildman–Crippen LogP) is 4.57. The Labute approximate surface area is 202 Å². The standard InChI is InChI=1S/C26H27N3O6/c1-4-34-15-18-21(22-19(32-2)11-8-12-20(22)33-3)24(30)23(25(31)29-18)26-28-14-17(35-26)13-27-16-9-6-5-7-10-16/h5-12,14,27H,4,13,15H2,1-3H3,(H2,29,30,31). The Bertz CT molecular complexity index is 1320. The highest BCUT2D eigenvalue weighted by Crippen LogP contribution is 2.46. The number of oxazole rings is 1. The number of nitrogens with one attached hydrogen (secondary N) is 2. The normalized spacial score (nSPS) is 10.8. The number of aromatic amines is 1.